The van der Waals surface area contributed by atoms with Crippen LogP contribution >= 0.6 is 0 Å². The molecule has 1 rings (SSSR count). The molecule has 1 aromatic heterocycles. The second-order valence-electron chi connectivity index (χ2n) is 3.13. The number of anilines is 1. The third kappa shape index (κ3) is 3.07. The van der Waals surface area contributed by atoms with E-state index in [1.54, 1.807) is 7.05 Å². The Morgan fingerprint density at radius 2 is 2.12 bits per heavy atom. The van der Waals surface area contributed by atoms with Gasteiger partial charge in [-0.05, 0) is 18.2 Å². The van der Waals surface area contributed by atoms with Gasteiger partial charge in [0.25, 0.3) is 0 Å². The number of aromatic nitrogens is 1. The summed E-state index contributed by atoms with van der Waals surface area (Å²) in [5.74, 6) is 0.104. The van der Waals surface area contributed by atoms with Crippen LogP contribution in [0.1, 0.15) is 5.69 Å². The van der Waals surface area contributed by atoms with E-state index >= 15 is 0 Å². The topological polar surface area (TPSA) is 28.2 Å². The third-order valence-electron chi connectivity index (χ3n) is 2.00. The van der Waals surface area contributed by atoms with E-state index in [1.165, 1.54) is 23.2 Å². The highest BCUT2D eigenvalue weighted by Crippen LogP contribution is 2.29. The van der Waals surface area contributed by atoms with Gasteiger partial charge < -0.3 is 0 Å². The molecule has 0 fully saturated rings. The molecule has 17 heavy (non-hydrogen) atoms. The molecule has 0 saturated heterocycles. The van der Waals surface area contributed by atoms with E-state index in [0.717, 1.165) is 6.07 Å². The summed E-state index contributed by atoms with van der Waals surface area (Å²) in [6.07, 6.45) is -3.05. The summed E-state index contributed by atoms with van der Waals surface area (Å²) in [5.41, 5.74) is 2.13. The largest absolute Gasteiger partial charge is 0.433 e. The number of halogens is 3. The van der Waals surface area contributed by atoms with Crippen LogP contribution in [0.5, 0.6) is 0 Å². The molecule has 0 atom stereocenters. The quantitative estimate of drug-likeness (QED) is 0.651. The van der Waals surface area contributed by atoms with Crippen LogP contribution in [-0.2, 0) is 6.18 Å². The van der Waals surface area contributed by atoms with Crippen molar-refractivity contribution in [1.82, 2.24) is 10.4 Å². The van der Waals surface area contributed by atoms with Crippen molar-refractivity contribution in [3.05, 3.63) is 48.8 Å². The van der Waals surface area contributed by atoms with Gasteiger partial charge in [-0.2, -0.15) is 13.2 Å². The molecular weight excluding hydrogens is 231 g/mol. The Balaban J connectivity index is 3.14. The predicted molar refractivity (Wildman–Crippen MR) is 60.1 cm³/mol. The minimum absolute atomic E-state index is 0.104. The van der Waals surface area contributed by atoms with Crippen molar-refractivity contribution in [2.75, 3.05) is 12.1 Å². The highest BCUT2D eigenvalue weighted by Gasteiger charge is 2.32. The number of hydrazine groups is 1. The van der Waals surface area contributed by atoms with Crippen LogP contribution in [-0.4, -0.2) is 12.0 Å². The van der Waals surface area contributed by atoms with E-state index < -0.39 is 11.9 Å². The van der Waals surface area contributed by atoms with Crippen LogP contribution in [0.25, 0.3) is 0 Å². The fourth-order valence-corrected chi connectivity index (χ4v) is 1.20. The first-order chi connectivity index (χ1) is 7.90. The van der Waals surface area contributed by atoms with Gasteiger partial charge in [0.1, 0.15) is 11.5 Å². The molecule has 0 aliphatic heterocycles. The van der Waals surface area contributed by atoms with E-state index in [4.69, 9.17) is 0 Å². The first-order valence-corrected chi connectivity index (χ1v) is 4.73. The maximum atomic E-state index is 12.5. The molecule has 0 unspecified atom stereocenters. The number of alkyl halides is 3. The zero-order valence-corrected chi connectivity index (χ0v) is 9.25. The van der Waals surface area contributed by atoms with Crippen molar-refractivity contribution in [2.24, 2.45) is 0 Å². The van der Waals surface area contributed by atoms with Gasteiger partial charge in [0, 0.05) is 7.05 Å². The summed E-state index contributed by atoms with van der Waals surface area (Å²) in [7, 11) is 1.55. The summed E-state index contributed by atoms with van der Waals surface area (Å²) >= 11 is 0. The first kappa shape index (κ1) is 13.2. The van der Waals surface area contributed by atoms with E-state index in [9.17, 15) is 13.2 Å². The summed E-state index contributed by atoms with van der Waals surface area (Å²) in [4.78, 5) is 3.51. The maximum Gasteiger partial charge on any atom is 0.433 e. The van der Waals surface area contributed by atoms with Crippen molar-refractivity contribution in [3.63, 3.8) is 0 Å². The molecule has 0 amide bonds. The Bertz CT molecular complexity index is 426. The standard InChI is InChI=1S/C11H12F3N3/c1-4-8(2)17(15-3)10-7-5-6-9(16-10)11(12,13)14/h4-7,15H,1-2H2,3H3. The van der Waals surface area contributed by atoms with E-state index in [2.05, 4.69) is 23.6 Å². The zero-order chi connectivity index (χ0) is 13.1. The molecule has 0 aliphatic carbocycles. The predicted octanol–water partition coefficient (Wildman–Crippen LogP) is 2.74. The zero-order valence-electron chi connectivity index (χ0n) is 9.25. The molecule has 1 heterocycles. The number of pyridine rings is 1. The van der Waals surface area contributed by atoms with Crippen molar-refractivity contribution in [2.45, 2.75) is 6.18 Å². The highest BCUT2D eigenvalue weighted by atomic mass is 19.4. The molecule has 3 nitrogen and oxygen atoms in total. The molecule has 0 aromatic carbocycles. The Labute approximate surface area is 97.2 Å². The number of hydrogen-bond donors (Lipinski definition) is 1. The van der Waals surface area contributed by atoms with Crippen LogP contribution in [0.15, 0.2) is 43.1 Å². The first-order valence-electron chi connectivity index (χ1n) is 4.73. The normalized spacial score (nSPS) is 11.1. The molecule has 92 valence electrons. The fourth-order valence-electron chi connectivity index (χ4n) is 1.20. The van der Waals surface area contributed by atoms with Gasteiger partial charge in [-0.15, -0.1) is 0 Å². The van der Waals surface area contributed by atoms with Crippen molar-refractivity contribution in [1.29, 1.82) is 0 Å². The average Bonchev–Trinajstić information content (AvgIpc) is 2.29. The lowest BCUT2D eigenvalue weighted by atomic mass is 10.3. The summed E-state index contributed by atoms with van der Waals surface area (Å²) in [6, 6.07) is 3.64. The summed E-state index contributed by atoms with van der Waals surface area (Å²) < 4.78 is 37.4. The number of nitrogens with zero attached hydrogens (tertiary/aromatic N) is 2. The van der Waals surface area contributed by atoms with Gasteiger partial charge in [-0.1, -0.05) is 19.2 Å². The molecule has 1 aromatic rings. The van der Waals surface area contributed by atoms with Gasteiger partial charge in [-0.25, -0.2) is 10.4 Å². The van der Waals surface area contributed by atoms with Gasteiger partial charge in [0.2, 0.25) is 0 Å². The van der Waals surface area contributed by atoms with Crippen LogP contribution in [0.3, 0.4) is 0 Å². The van der Waals surface area contributed by atoms with Gasteiger partial charge in [0.05, 0.1) is 5.70 Å². The fraction of sp³-hybridized carbons (Fsp3) is 0.182. The number of rotatable bonds is 4. The summed E-state index contributed by atoms with van der Waals surface area (Å²) in [5, 5.41) is 1.31. The smallest absolute Gasteiger partial charge is 0.261 e. The molecule has 0 spiro atoms. The van der Waals surface area contributed by atoms with Gasteiger partial charge in [-0.3, -0.25) is 5.01 Å². The molecule has 6 heteroatoms. The lowest BCUT2D eigenvalue weighted by Crippen LogP contribution is -2.34. The van der Waals surface area contributed by atoms with E-state index in [-0.39, 0.29) is 5.82 Å². The SMILES string of the molecule is C=CC(=C)N(NC)c1cccc(C(F)(F)F)n1. The van der Waals surface area contributed by atoms with Crippen LogP contribution in [0.4, 0.5) is 19.0 Å². The maximum absolute atomic E-state index is 12.5. The van der Waals surface area contributed by atoms with Crippen molar-refractivity contribution in [3.8, 4) is 0 Å². The number of nitrogens with one attached hydrogen (secondary N) is 1. The Morgan fingerprint density at radius 1 is 1.47 bits per heavy atom. The molecule has 0 saturated carbocycles. The average molecular weight is 243 g/mol. The Hall–Kier alpha value is -1.82. The van der Waals surface area contributed by atoms with Crippen LogP contribution in [0, 0.1) is 0 Å². The van der Waals surface area contributed by atoms with Crippen LogP contribution < -0.4 is 10.4 Å². The molecular formula is C11H12F3N3. The monoisotopic (exact) mass is 243 g/mol. The molecule has 0 bridgehead atoms. The van der Waals surface area contributed by atoms with Crippen LogP contribution in [0.2, 0.25) is 0 Å². The highest BCUT2D eigenvalue weighted by molar-refractivity contribution is 5.47. The minimum atomic E-state index is -4.47. The lowest BCUT2D eigenvalue weighted by molar-refractivity contribution is -0.141. The number of hydrogen-bond acceptors (Lipinski definition) is 3. The lowest BCUT2D eigenvalue weighted by Gasteiger charge is -2.23. The molecule has 0 radical (unpaired) electrons. The third-order valence-corrected chi connectivity index (χ3v) is 2.00. The second-order valence-corrected chi connectivity index (χ2v) is 3.13. The molecule has 0 aliphatic rings. The van der Waals surface area contributed by atoms with E-state index in [0.29, 0.717) is 5.70 Å². The number of allylic oxidation sites excluding steroid dienone is 1. The molecule has 1 N–H and O–H groups in total. The Morgan fingerprint density at radius 3 is 2.59 bits per heavy atom. The minimum Gasteiger partial charge on any atom is -0.261 e. The van der Waals surface area contributed by atoms with Crippen molar-refractivity contribution >= 4 is 5.82 Å². The van der Waals surface area contributed by atoms with Gasteiger partial charge >= 0.3 is 6.18 Å². The second kappa shape index (κ2) is 5.01. The summed E-state index contributed by atoms with van der Waals surface area (Å²) in [6.45, 7) is 7.13. The Kier molecular flexibility index (Phi) is 3.90. The van der Waals surface area contributed by atoms with Crippen molar-refractivity contribution < 1.29 is 13.2 Å². The van der Waals surface area contributed by atoms with E-state index in [1.807, 2.05) is 0 Å². The van der Waals surface area contributed by atoms with Gasteiger partial charge in [0.15, 0.2) is 0 Å².